The molecule has 22 heavy (non-hydrogen) atoms. The Morgan fingerprint density at radius 3 is 2.82 bits per heavy atom. The molecule has 4 rings (SSSR count). The highest BCUT2D eigenvalue weighted by molar-refractivity contribution is 5.79. The van der Waals surface area contributed by atoms with E-state index in [2.05, 4.69) is 25.1 Å². The number of carbonyl (C=O) groups excluding carboxylic acids is 1. The van der Waals surface area contributed by atoms with Crippen LogP contribution in [-0.2, 0) is 4.79 Å². The average Bonchev–Trinajstić information content (AvgIpc) is 3.24. The Balaban J connectivity index is 1.54. The van der Waals surface area contributed by atoms with Crippen LogP contribution in [0.3, 0.4) is 0 Å². The number of H-pyrrole nitrogens is 1. The van der Waals surface area contributed by atoms with Crippen LogP contribution in [0.2, 0.25) is 0 Å². The lowest BCUT2D eigenvalue weighted by molar-refractivity contribution is -0.136. The highest BCUT2D eigenvalue weighted by atomic mass is 16.2. The lowest BCUT2D eigenvalue weighted by Gasteiger charge is -2.34. The molecule has 0 unspecified atom stereocenters. The fourth-order valence-electron chi connectivity index (χ4n) is 3.90. The Kier molecular flexibility index (Phi) is 3.52. The van der Waals surface area contributed by atoms with Gasteiger partial charge in [0, 0.05) is 37.3 Å². The Hall–Kier alpha value is -1.98. The molecule has 116 valence electrons. The van der Waals surface area contributed by atoms with E-state index in [1.165, 1.54) is 12.8 Å². The molecule has 1 N–H and O–H groups in total. The molecule has 0 radical (unpaired) electrons. The summed E-state index contributed by atoms with van der Waals surface area (Å²) in [6.45, 7) is 1.67. The van der Waals surface area contributed by atoms with Crippen molar-refractivity contribution in [1.82, 2.24) is 25.1 Å². The number of piperidine rings is 1. The molecular formula is C16H21N5O. The third kappa shape index (κ3) is 2.36. The zero-order valence-electron chi connectivity index (χ0n) is 12.7. The molecule has 6 heteroatoms. The van der Waals surface area contributed by atoms with Crippen molar-refractivity contribution in [3.63, 3.8) is 0 Å². The molecule has 1 aliphatic heterocycles. The summed E-state index contributed by atoms with van der Waals surface area (Å²) in [5, 5.41) is 7.34. The zero-order chi connectivity index (χ0) is 14.9. The second-order valence-electron chi connectivity index (χ2n) is 6.47. The van der Waals surface area contributed by atoms with Crippen LogP contribution in [-0.4, -0.2) is 44.1 Å². The van der Waals surface area contributed by atoms with E-state index in [0.717, 1.165) is 50.0 Å². The highest BCUT2D eigenvalue weighted by Gasteiger charge is 2.32. The number of rotatable bonds is 2. The molecule has 2 aromatic heterocycles. The first-order chi connectivity index (χ1) is 10.8. The van der Waals surface area contributed by atoms with E-state index in [4.69, 9.17) is 0 Å². The topological polar surface area (TPSA) is 74.8 Å². The van der Waals surface area contributed by atoms with Gasteiger partial charge in [-0.15, -0.1) is 0 Å². The van der Waals surface area contributed by atoms with Crippen molar-refractivity contribution >= 4 is 17.1 Å². The van der Waals surface area contributed by atoms with Gasteiger partial charge in [-0.1, -0.05) is 12.8 Å². The minimum absolute atomic E-state index is 0.261. The first-order valence-corrected chi connectivity index (χ1v) is 8.26. The van der Waals surface area contributed by atoms with Crippen LogP contribution >= 0.6 is 0 Å². The van der Waals surface area contributed by atoms with Gasteiger partial charge in [0.15, 0.2) is 5.65 Å². The molecule has 2 aliphatic rings. The van der Waals surface area contributed by atoms with Crippen LogP contribution < -0.4 is 0 Å². The second-order valence-corrected chi connectivity index (χ2v) is 6.47. The van der Waals surface area contributed by atoms with Crippen molar-refractivity contribution < 1.29 is 4.79 Å². The molecule has 1 saturated carbocycles. The largest absolute Gasteiger partial charge is 0.342 e. The van der Waals surface area contributed by atoms with E-state index in [0.29, 0.717) is 17.5 Å². The number of aromatic nitrogens is 4. The third-order valence-electron chi connectivity index (χ3n) is 5.06. The van der Waals surface area contributed by atoms with Crippen molar-refractivity contribution in [2.24, 2.45) is 5.92 Å². The van der Waals surface area contributed by atoms with Gasteiger partial charge < -0.3 is 4.90 Å². The molecule has 1 amide bonds. The number of hydrogen-bond acceptors (Lipinski definition) is 4. The summed E-state index contributed by atoms with van der Waals surface area (Å²) in [6, 6.07) is 0. The molecular weight excluding hydrogens is 278 g/mol. The Bertz CT molecular complexity index is 676. The maximum absolute atomic E-state index is 12.7. The fourth-order valence-corrected chi connectivity index (χ4v) is 3.90. The van der Waals surface area contributed by atoms with Crippen LogP contribution in [0.1, 0.15) is 50.1 Å². The SMILES string of the molecule is O=C(C1CCCC1)N1CCC[C@@H](c2[nH]nc3nccnc23)C1. The summed E-state index contributed by atoms with van der Waals surface area (Å²) in [6.07, 6.45) is 10.0. The number of aromatic amines is 1. The summed E-state index contributed by atoms with van der Waals surface area (Å²) in [4.78, 5) is 23.3. The first kappa shape index (κ1) is 13.7. The molecule has 0 bridgehead atoms. The number of nitrogens with one attached hydrogen (secondary N) is 1. The Morgan fingerprint density at radius 2 is 1.95 bits per heavy atom. The smallest absolute Gasteiger partial charge is 0.225 e. The number of carbonyl (C=O) groups is 1. The van der Waals surface area contributed by atoms with E-state index in [9.17, 15) is 4.79 Å². The molecule has 1 saturated heterocycles. The van der Waals surface area contributed by atoms with Crippen LogP contribution in [0.15, 0.2) is 12.4 Å². The van der Waals surface area contributed by atoms with E-state index >= 15 is 0 Å². The van der Waals surface area contributed by atoms with Gasteiger partial charge in [-0.05, 0) is 25.7 Å². The lowest BCUT2D eigenvalue weighted by Crippen LogP contribution is -2.42. The summed E-state index contributed by atoms with van der Waals surface area (Å²) in [5.41, 5.74) is 2.55. The fraction of sp³-hybridized carbons (Fsp3) is 0.625. The zero-order valence-corrected chi connectivity index (χ0v) is 12.7. The highest BCUT2D eigenvalue weighted by Crippen LogP contribution is 2.32. The molecule has 6 nitrogen and oxygen atoms in total. The standard InChI is InChI=1S/C16H21N5O/c22-16(11-4-1-2-5-11)21-9-3-6-12(10-21)13-14-15(20-19-13)18-8-7-17-14/h7-8,11-12H,1-6,9-10H2,(H,18,19,20)/t12-/m1/s1. The number of nitrogens with zero attached hydrogens (tertiary/aromatic N) is 4. The lowest BCUT2D eigenvalue weighted by atomic mass is 9.93. The number of fused-ring (bicyclic) bond motifs is 1. The van der Waals surface area contributed by atoms with Gasteiger partial charge in [0.2, 0.25) is 5.91 Å². The summed E-state index contributed by atoms with van der Waals surface area (Å²) >= 11 is 0. The molecule has 1 aliphatic carbocycles. The Labute approximate surface area is 129 Å². The van der Waals surface area contributed by atoms with Gasteiger partial charge in [-0.3, -0.25) is 9.89 Å². The number of likely N-dealkylation sites (tertiary alicyclic amines) is 1. The quantitative estimate of drug-likeness (QED) is 0.923. The van der Waals surface area contributed by atoms with Crippen LogP contribution in [0.4, 0.5) is 0 Å². The van der Waals surface area contributed by atoms with E-state index in [1.807, 2.05) is 0 Å². The maximum Gasteiger partial charge on any atom is 0.225 e. The summed E-state index contributed by atoms with van der Waals surface area (Å²) in [5.74, 6) is 0.912. The molecule has 2 fully saturated rings. The second kappa shape index (κ2) is 5.66. The minimum Gasteiger partial charge on any atom is -0.342 e. The maximum atomic E-state index is 12.7. The van der Waals surface area contributed by atoms with Gasteiger partial charge in [0.25, 0.3) is 0 Å². The molecule has 0 aromatic carbocycles. The van der Waals surface area contributed by atoms with Crippen LogP contribution in [0.5, 0.6) is 0 Å². The van der Waals surface area contributed by atoms with Gasteiger partial charge in [0.1, 0.15) is 5.52 Å². The predicted molar refractivity (Wildman–Crippen MR) is 82.2 cm³/mol. The van der Waals surface area contributed by atoms with Gasteiger partial charge in [-0.2, -0.15) is 5.10 Å². The van der Waals surface area contributed by atoms with Gasteiger partial charge in [0.05, 0.1) is 5.69 Å². The van der Waals surface area contributed by atoms with Crippen molar-refractivity contribution in [3.05, 3.63) is 18.1 Å². The normalized spacial score (nSPS) is 23.3. The minimum atomic E-state index is 0.261. The van der Waals surface area contributed by atoms with E-state index in [1.54, 1.807) is 12.4 Å². The Morgan fingerprint density at radius 1 is 1.14 bits per heavy atom. The van der Waals surface area contributed by atoms with Crippen molar-refractivity contribution in [3.8, 4) is 0 Å². The molecule has 3 heterocycles. The number of amides is 1. The van der Waals surface area contributed by atoms with Crippen molar-refractivity contribution in [2.75, 3.05) is 13.1 Å². The predicted octanol–water partition coefficient (Wildman–Crippen LogP) is 2.25. The van der Waals surface area contributed by atoms with Crippen molar-refractivity contribution in [2.45, 2.75) is 44.4 Å². The molecule has 0 spiro atoms. The van der Waals surface area contributed by atoms with Crippen molar-refractivity contribution in [1.29, 1.82) is 0 Å². The first-order valence-electron chi connectivity index (χ1n) is 8.26. The van der Waals surface area contributed by atoms with Gasteiger partial charge >= 0.3 is 0 Å². The van der Waals surface area contributed by atoms with E-state index < -0.39 is 0 Å². The molecule has 2 aromatic rings. The van der Waals surface area contributed by atoms with E-state index in [-0.39, 0.29) is 5.92 Å². The monoisotopic (exact) mass is 299 g/mol. The summed E-state index contributed by atoms with van der Waals surface area (Å²) < 4.78 is 0. The third-order valence-corrected chi connectivity index (χ3v) is 5.06. The number of hydrogen-bond donors (Lipinski definition) is 1. The average molecular weight is 299 g/mol. The van der Waals surface area contributed by atoms with Crippen LogP contribution in [0, 0.1) is 5.92 Å². The van der Waals surface area contributed by atoms with Gasteiger partial charge in [-0.25, -0.2) is 9.97 Å². The van der Waals surface area contributed by atoms with Crippen LogP contribution in [0.25, 0.3) is 11.2 Å². The molecule has 1 atom stereocenters. The summed E-state index contributed by atoms with van der Waals surface area (Å²) in [7, 11) is 0.